The summed E-state index contributed by atoms with van der Waals surface area (Å²) in [7, 11) is 0. The van der Waals surface area contributed by atoms with Crippen LogP contribution >= 0.6 is 0 Å². The third-order valence-corrected chi connectivity index (χ3v) is 3.24. The van der Waals surface area contributed by atoms with Crippen LogP contribution in [0.5, 0.6) is 0 Å². The fraction of sp³-hybridized carbons (Fsp3) is 0.211. The van der Waals surface area contributed by atoms with Gasteiger partial charge in [-0.25, -0.2) is 9.37 Å². The summed E-state index contributed by atoms with van der Waals surface area (Å²) in [4.78, 5) is 13.4. The lowest BCUT2D eigenvalue weighted by atomic mass is 10.1. The average molecular weight is 337 g/mol. The standard InChI is InChI=1S/C19H20FN5/c1-19(2,3)25-18-23-16(15-9-4-5-10-21-15)12-17(24-18)22-14-8-6-7-13(20)11-14/h4-12H,1-3H3,(H2,22,23,24,25). The van der Waals surface area contributed by atoms with E-state index < -0.39 is 0 Å². The lowest BCUT2D eigenvalue weighted by Gasteiger charge is -2.21. The highest BCUT2D eigenvalue weighted by Gasteiger charge is 2.14. The molecular formula is C19H20FN5. The summed E-state index contributed by atoms with van der Waals surface area (Å²) in [5.74, 6) is 0.736. The van der Waals surface area contributed by atoms with Crippen molar-refractivity contribution in [3.8, 4) is 11.4 Å². The summed E-state index contributed by atoms with van der Waals surface area (Å²) < 4.78 is 13.4. The van der Waals surface area contributed by atoms with Gasteiger partial charge in [0.25, 0.3) is 0 Å². The summed E-state index contributed by atoms with van der Waals surface area (Å²) in [6.45, 7) is 6.09. The molecule has 0 saturated heterocycles. The molecule has 2 N–H and O–H groups in total. The average Bonchev–Trinajstić information content (AvgIpc) is 2.54. The second kappa shape index (κ2) is 6.84. The van der Waals surface area contributed by atoms with E-state index in [0.29, 0.717) is 23.1 Å². The number of nitrogens with zero attached hydrogens (tertiary/aromatic N) is 3. The van der Waals surface area contributed by atoms with Gasteiger partial charge in [-0.2, -0.15) is 4.98 Å². The van der Waals surface area contributed by atoms with E-state index in [1.54, 1.807) is 24.4 Å². The van der Waals surface area contributed by atoms with E-state index in [1.807, 2.05) is 39.0 Å². The number of benzene rings is 1. The lowest BCUT2D eigenvalue weighted by Crippen LogP contribution is -2.27. The van der Waals surface area contributed by atoms with Gasteiger partial charge < -0.3 is 10.6 Å². The molecule has 2 aromatic heterocycles. The first-order chi connectivity index (χ1) is 11.9. The highest BCUT2D eigenvalue weighted by Crippen LogP contribution is 2.23. The van der Waals surface area contributed by atoms with Gasteiger partial charge in [-0.05, 0) is 51.1 Å². The van der Waals surface area contributed by atoms with E-state index in [0.717, 1.165) is 5.69 Å². The molecule has 25 heavy (non-hydrogen) atoms. The van der Waals surface area contributed by atoms with Crippen LogP contribution in [0.25, 0.3) is 11.4 Å². The molecule has 0 radical (unpaired) electrons. The Morgan fingerprint density at radius 3 is 2.44 bits per heavy atom. The Kier molecular flexibility index (Phi) is 4.61. The van der Waals surface area contributed by atoms with Gasteiger partial charge in [-0.15, -0.1) is 0 Å². The third kappa shape index (κ3) is 4.73. The van der Waals surface area contributed by atoms with Crippen LogP contribution in [0.15, 0.2) is 54.7 Å². The molecule has 3 rings (SSSR count). The maximum Gasteiger partial charge on any atom is 0.225 e. The SMILES string of the molecule is CC(C)(C)Nc1nc(Nc2cccc(F)c2)cc(-c2ccccn2)n1. The molecule has 0 unspecified atom stereocenters. The summed E-state index contributed by atoms with van der Waals surface area (Å²) in [6.07, 6.45) is 1.72. The molecule has 0 aliphatic carbocycles. The Morgan fingerprint density at radius 1 is 0.920 bits per heavy atom. The smallest absolute Gasteiger partial charge is 0.225 e. The van der Waals surface area contributed by atoms with Crippen molar-refractivity contribution in [3.05, 3.63) is 60.5 Å². The van der Waals surface area contributed by atoms with Crippen LogP contribution in [0.3, 0.4) is 0 Å². The first-order valence-corrected chi connectivity index (χ1v) is 8.00. The van der Waals surface area contributed by atoms with Gasteiger partial charge in [-0.1, -0.05) is 12.1 Å². The quantitative estimate of drug-likeness (QED) is 0.726. The number of rotatable bonds is 4. The number of nitrogens with one attached hydrogen (secondary N) is 2. The van der Waals surface area contributed by atoms with E-state index in [1.165, 1.54) is 12.1 Å². The number of hydrogen-bond donors (Lipinski definition) is 2. The molecule has 0 amide bonds. The summed E-state index contributed by atoms with van der Waals surface area (Å²) in [6, 6.07) is 13.7. The van der Waals surface area contributed by atoms with Crippen molar-refractivity contribution in [1.29, 1.82) is 0 Å². The molecule has 1 aromatic carbocycles. The van der Waals surface area contributed by atoms with Gasteiger partial charge in [-0.3, -0.25) is 4.98 Å². The fourth-order valence-corrected chi connectivity index (χ4v) is 2.26. The Bertz CT molecular complexity index is 859. The molecule has 3 aromatic rings. The van der Waals surface area contributed by atoms with E-state index >= 15 is 0 Å². The van der Waals surface area contributed by atoms with Crippen molar-refractivity contribution in [3.63, 3.8) is 0 Å². The number of hydrogen-bond acceptors (Lipinski definition) is 5. The third-order valence-electron chi connectivity index (χ3n) is 3.24. The van der Waals surface area contributed by atoms with E-state index in [-0.39, 0.29) is 11.4 Å². The van der Waals surface area contributed by atoms with Crippen molar-refractivity contribution < 1.29 is 4.39 Å². The van der Waals surface area contributed by atoms with Crippen molar-refractivity contribution >= 4 is 17.5 Å². The fourth-order valence-electron chi connectivity index (χ4n) is 2.26. The zero-order valence-electron chi connectivity index (χ0n) is 14.4. The van der Waals surface area contributed by atoms with Crippen molar-refractivity contribution in [1.82, 2.24) is 15.0 Å². The number of halogens is 1. The predicted octanol–water partition coefficient (Wildman–Crippen LogP) is 4.63. The molecule has 128 valence electrons. The number of anilines is 3. The molecule has 0 saturated carbocycles. The van der Waals surface area contributed by atoms with Crippen molar-refractivity contribution in [2.24, 2.45) is 0 Å². The van der Waals surface area contributed by atoms with Crippen LogP contribution in [0.2, 0.25) is 0 Å². The zero-order chi connectivity index (χ0) is 17.9. The first-order valence-electron chi connectivity index (χ1n) is 8.00. The monoisotopic (exact) mass is 337 g/mol. The zero-order valence-corrected chi connectivity index (χ0v) is 14.4. The summed E-state index contributed by atoms with van der Waals surface area (Å²) in [5, 5.41) is 6.39. The molecule has 0 aliphatic rings. The first kappa shape index (κ1) is 16.8. The molecule has 5 nitrogen and oxygen atoms in total. The summed E-state index contributed by atoms with van der Waals surface area (Å²) in [5.41, 5.74) is 1.84. The van der Waals surface area contributed by atoms with Crippen LogP contribution in [0.1, 0.15) is 20.8 Å². The molecule has 6 heteroatoms. The Hall–Kier alpha value is -3.02. The Morgan fingerprint density at radius 2 is 1.76 bits per heavy atom. The molecular weight excluding hydrogens is 317 g/mol. The minimum absolute atomic E-state index is 0.196. The summed E-state index contributed by atoms with van der Waals surface area (Å²) >= 11 is 0. The van der Waals surface area contributed by atoms with E-state index in [4.69, 9.17) is 0 Å². The maximum absolute atomic E-state index is 13.4. The van der Waals surface area contributed by atoms with Gasteiger partial charge in [0.2, 0.25) is 5.95 Å². The second-order valence-corrected chi connectivity index (χ2v) is 6.69. The lowest BCUT2D eigenvalue weighted by molar-refractivity contribution is 0.626. The largest absolute Gasteiger partial charge is 0.350 e. The van der Waals surface area contributed by atoms with Crippen molar-refractivity contribution in [2.75, 3.05) is 10.6 Å². The molecule has 0 atom stereocenters. The van der Waals surface area contributed by atoms with Crippen LogP contribution in [0.4, 0.5) is 21.8 Å². The number of aromatic nitrogens is 3. The van der Waals surface area contributed by atoms with Gasteiger partial charge in [0.1, 0.15) is 11.6 Å². The highest BCUT2D eigenvalue weighted by molar-refractivity contribution is 5.65. The van der Waals surface area contributed by atoms with Crippen LogP contribution in [-0.2, 0) is 0 Å². The molecule has 0 aliphatic heterocycles. The normalized spacial score (nSPS) is 11.2. The molecule has 0 bridgehead atoms. The minimum atomic E-state index is -0.308. The van der Waals surface area contributed by atoms with Crippen LogP contribution in [-0.4, -0.2) is 20.5 Å². The Balaban J connectivity index is 2.00. The van der Waals surface area contributed by atoms with Gasteiger partial charge in [0.05, 0.1) is 11.4 Å². The van der Waals surface area contributed by atoms with Crippen LogP contribution in [0, 0.1) is 5.82 Å². The van der Waals surface area contributed by atoms with Crippen LogP contribution < -0.4 is 10.6 Å². The minimum Gasteiger partial charge on any atom is -0.350 e. The molecule has 2 heterocycles. The van der Waals surface area contributed by atoms with Gasteiger partial charge in [0, 0.05) is 23.5 Å². The van der Waals surface area contributed by atoms with Gasteiger partial charge in [0.15, 0.2) is 0 Å². The predicted molar refractivity (Wildman–Crippen MR) is 98.3 cm³/mol. The van der Waals surface area contributed by atoms with E-state index in [2.05, 4.69) is 25.6 Å². The van der Waals surface area contributed by atoms with E-state index in [9.17, 15) is 4.39 Å². The molecule has 0 fully saturated rings. The van der Waals surface area contributed by atoms with Crippen molar-refractivity contribution in [2.45, 2.75) is 26.3 Å². The highest BCUT2D eigenvalue weighted by atomic mass is 19.1. The Labute approximate surface area is 146 Å². The van der Waals surface area contributed by atoms with Gasteiger partial charge >= 0.3 is 0 Å². The maximum atomic E-state index is 13.4. The number of pyridine rings is 1. The second-order valence-electron chi connectivity index (χ2n) is 6.69. The molecule has 0 spiro atoms. The topological polar surface area (TPSA) is 62.7 Å².